The number of benzene rings is 1. The number of nitrogens with one attached hydrogen (secondary N) is 2. The molecule has 0 radical (unpaired) electrons. The summed E-state index contributed by atoms with van der Waals surface area (Å²) in [5.41, 5.74) is 1.13. The van der Waals surface area contributed by atoms with Crippen LogP contribution in [-0.4, -0.2) is 25.7 Å². The molecule has 1 aromatic carbocycles. The smallest absolute Gasteiger partial charge is 0.272 e. The summed E-state index contributed by atoms with van der Waals surface area (Å²) in [5.74, 6) is 0. The topological polar surface area (TPSA) is 26.0 Å². The minimum absolute atomic E-state index is 1.04. The third kappa shape index (κ3) is 5.37. The average Bonchev–Trinajstić information content (AvgIpc) is 2.24. The number of thioether (sulfide) groups is 1. The minimum Gasteiger partial charge on any atom is -0.272 e. The first-order valence-corrected chi connectivity index (χ1v) is 10.4. The van der Waals surface area contributed by atoms with E-state index in [0.717, 1.165) is 17.0 Å². The Hall–Kier alpha value is -0.743. The van der Waals surface area contributed by atoms with Gasteiger partial charge in [0.2, 0.25) is 0 Å². The third-order valence-electron chi connectivity index (χ3n) is 2.02. The van der Waals surface area contributed by atoms with E-state index in [1.54, 1.807) is 11.8 Å². The molecular weight excluding hydrogens is 232 g/mol. The van der Waals surface area contributed by atoms with Crippen LogP contribution >= 0.6 is 11.8 Å². The van der Waals surface area contributed by atoms with Gasteiger partial charge in [0.05, 0.1) is 14.2 Å². The first-order valence-electron chi connectivity index (χ1n) is 5.48. The molecule has 0 saturated heterocycles. The van der Waals surface area contributed by atoms with E-state index in [0.29, 0.717) is 0 Å². The molecule has 4 heteroatoms. The second kappa shape index (κ2) is 6.11. The first kappa shape index (κ1) is 13.3. The van der Waals surface area contributed by atoms with E-state index in [1.807, 2.05) is 18.2 Å². The van der Waals surface area contributed by atoms with Crippen molar-refractivity contribution < 1.29 is 4.99 Å². The lowest BCUT2D eigenvalue weighted by Gasteiger charge is -2.10. The summed E-state index contributed by atoms with van der Waals surface area (Å²) >= 11 is 1.72. The monoisotopic (exact) mass is 253 g/mol. The Balaban J connectivity index is 2.62. The lowest BCUT2D eigenvalue weighted by atomic mass is 10.3. The van der Waals surface area contributed by atoms with Gasteiger partial charge in [-0.3, -0.25) is 4.99 Å². The van der Waals surface area contributed by atoms with Gasteiger partial charge in [-0.2, -0.15) is 0 Å². The molecule has 2 N–H and O–H groups in total. The number of hydrogen-bond donors (Lipinski definition) is 2. The Morgan fingerprint density at radius 2 is 1.88 bits per heavy atom. The molecule has 0 atom stereocenters. The van der Waals surface area contributed by atoms with Gasteiger partial charge in [0.15, 0.2) is 0 Å². The van der Waals surface area contributed by atoms with Crippen LogP contribution in [0.3, 0.4) is 0 Å². The molecule has 0 aromatic heterocycles. The van der Waals surface area contributed by atoms with Gasteiger partial charge in [0, 0.05) is 0 Å². The lowest BCUT2D eigenvalue weighted by Crippen LogP contribution is -2.79. The van der Waals surface area contributed by atoms with Crippen LogP contribution in [0.1, 0.15) is 0 Å². The SMILES string of the molecule is CSC(Nc1ccccc1)=[NH+]C[Si](C)(C)C. The molecule has 1 rings (SSSR count). The molecule has 0 bridgehead atoms. The van der Waals surface area contributed by atoms with Crippen molar-refractivity contribution >= 4 is 30.7 Å². The molecular formula is C12H21N2SSi+. The predicted molar refractivity (Wildman–Crippen MR) is 77.8 cm³/mol. The van der Waals surface area contributed by atoms with Crippen LogP contribution in [0.2, 0.25) is 19.6 Å². The van der Waals surface area contributed by atoms with Gasteiger partial charge in [-0.05, 0) is 30.2 Å². The van der Waals surface area contributed by atoms with Crippen molar-refractivity contribution in [2.45, 2.75) is 19.6 Å². The molecule has 1 aromatic rings. The number of hydrogen-bond acceptors (Lipinski definition) is 1. The molecule has 0 aliphatic rings. The number of anilines is 1. The summed E-state index contributed by atoms with van der Waals surface area (Å²) in [6, 6.07) is 10.3. The highest BCUT2D eigenvalue weighted by atomic mass is 32.2. The largest absolute Gasteiger partial charge is 0.308 e. The van der Waals surface area contributed by atoms with Gasteiger partial charge >= 0.3 is 5.17 Å². The summed E-state index contributed by atoms with van der Waals surface area (Å²) in [5, 5.41) is 4.52. The molecule has 0 fully saturated rings. The minimum atomic E-state index is -1.04. The predicted octanol–water partition coefficient (Wildman–Crippen LogP) is 1.78. The summed E-state index contributed by atoms with van der Waals surface area (Å²) in [4.78, 5) is 3.49. The first-order chi connectivity index (χ1) is 7.51. The quantitative estimate of drug-likeness (QED) is 0.488. The third-order valence-corrected chi connectivity index (χ3v) is 3.91. The van der Waals surface area contributed by atoms with Gasteiger partial charge < -0.3 is 0 Å². The van der Waals surface area contributed by atoms with Gasteiger partial charge in [0.1, 0.15) is 5.69 Å². The van der Waals surface area contributed by atoms with Crippen LogP contribution < -0.4 is 10.3 Å². The molecule has 0 saturated carbocycles. The van der Waals surface area contributed by atoms with Gasteiger partial charge in [-0.15, -0.1) is 0 Å². The molecule has 0 unspecified atom stereocenters. The summed E-state index contributed by atoms with van der Waals surface area (Å²) in [6.07, 6.45) is 3.19. The Bertz CT molecular complexity index is 344. The van der Waals surface area contributed by atoms with E-state index in [4.69, 9.17) is 0 Å². The molecule has 16 heavy (non-hydrogen) atoms. The Kier molecular flexibility index (Phi) is 5.08. The Morgan fingerprint density at radius 3 is 2.38 bits per heavy atom. The molecule has 0 amide bonds. The van der Waals surface area contributed by atoms with E-state index in [1.165, 1.54) is 0 Å². The van der Waals surface area contributed by atoms with Crippen molar-refractivity contribution in [2.75, 3.05) is 17.7 Å². The van der Waals surface area contributed by atoms with Gasteiger partial charge in [0.25, 0.3) is 0 Å². The van der Waals surface area contributed by atoms with Crippen LogP contribution in [0.5, 0.6) is 0 Å². The van der Waals surface area contributed by atoms with Crippen molar-refractivity contribution in [3.8, 4) is 0 Å². The van der Waals surface area contributed by atoms with Crippen LogP contribution in [0.25, 0.3) is 0 Å². The highest BCUT2D eigenvalue weighted by molar-refractivity contribution is 8.13. The molecule has 88 valence electrons. The number of para-hydroxylation sites is 1. The highest BCUT2D eigenvalue weighted by Crippen LogP contribution is 2.06. The maximum atomic E-state index is 3.49. The molecule has 0 spiro atoms. The molecule has 0 aliphatic carbocycles. The summed E-state index contributed by atoms with van der Waals surface area (Å²) in [7, 11) is -1.04. The fraction of sp³-hybridized carbons (Fsp3) is 0.417. The van der Waals surface area contributed by atoms with Gasteiger partial charge in [-0.1, -0.05) is 37.8 Å². The van der Waals surface area contributed by atoms with Crippen molar-refractivity contribution in [3.63, 3.8) is 0 Å². The Morgan fingerprint density at radius 1 is 1.25 bits per heavy atom. The van der Waals surface area contributed by atoms with E-state index in [-0.39, 0.29) is 0 Å². The second-order valence-corrected chi connectivity index (χ2v) is 11.2. The molecule has 0 aliphatic heterocycles. The lowest BCUT2D eigenvalue weighted by molar-refractivity contribution is -0.434. The van der Waals surface area contributed by atoms with Crippen LogP contribution in [0, 0.1) is 0 Å². The van der Waals surface area contributed by atoms with Crippen molar-refractivity contribution in [3.05, 3.63) is 30.3 Å². The van der Waals surface area contributed by atoms with Crippen LogP contribution in [-0.2, 0) is 0 Å². The van der Waals surface area contributed by atoms with Crippen molar-refractivity contribution in [2.24, 2.45) is 0 Å². The van der Waals surface area contributed by atoms with Crippen molar-refractivity contribution in [1.29, 1.82) is 0 Å². The van der Waals surface area contributed by atoms with Crippen LogP contribution in [0.4, 0.5) is 5.69 Å². The molecule has 0 heterocycles. The number of rotatable bonds is 3. The van der Waals surface area contributed by atoms with Crippen LogP contribution in [0.15, 0.2) is 30.3 Å². The van der Waals surface area contributed by atoms with E-state index < -0.39 is 8.07 Å². The zero-order valence-electron chi connectivity index (χ0n) is 10.5. The second-order valence-electron chi connectivity index (χ2n) is 4.94. The van der Waals surface area contributed by atoms with E-state index >= 15 is 0 Å². The summed E-state index contributed by atoms with van der Waals surface area (Å²) in [6.45, 7) is 7.08. The summed E-state index contributed by atoms with van der Waals surface area (Å²) < 4.78 is 0. The maximum Gasteiger partial charge on any atom is 0.308 e. The highest BCUT2D eigenvalue weighted by Gasteiger charge is 2.15. The standard InChI is InChI=1S/C12H20N2SSi/c1-15-12(13-10-16(2,3)4)14-11-8-6-5-7-9-11/h5-9H,10H2,1-4H3,(H,13,14)/p+1. The fourth-order valence-corrected chi connectivity index (χ4v) is 2.44. The Labute approximate surface area is 104 Å². The average molecular weight is 253 g/mol. The van der Waals surface area contributed by atoms with E-state index in [2.05, 4.69) is 48.3 Å². The van der Waals surface area contributed by atoms with Crippen molar-refractivity contribution in [1.82, 2.24) is 0 Å². The number of amidine groups is 1. The van der Waals surface area contributed by atoms with E-state index in [9.17, 15) is 0 Å². The zero-order chi connectivity index (χ0) is 12.0. The normalized spacial score (nSPS) is 12.6. The van der Waals surface area contributed by atoms with Gasteiger partial charge in [-0.25, -0.2) is 5.32 Å². The molecule has 2 nitrogen and oxygen atoms in total. The zero-order valence-corrected chi connectivity index (χ0v) is 12.3. The fourth-order valence-electron chi connectivity index (χ4n) is 1.17. The maximum absolute atomic E-state index is 3.49.